The molecule has 3 aromatic carbocycles. The van der Waals surface area contributed by atoms with Gasteiger partial charge in [-0.25, -0.2) is 12.8 Å². The van der Waals surface area contributed by atoms with Gasteiger partial charge in [0.05, 0.1) is 4.90 Å². The van der Waals surface area contributed by atoms with Gasteiger partial charge in [-0.2, -0.15) is 13.5 Å². The van der Waals surface area contributed by atoms with E-state index in [4.69, 9.17) is 10.5 Å². The maximum atomic E-state index is 16.0. The monoisotopic (exact) mass is 637 g/mol. The number of benzene rings is 3. The fraction of sp³-hybridized carbons (Fsp3) is 0.321. The Balaban J connectivity index is 1.43. The molecule has 0 radical (unpaired) electrons. The van der Waals surface area contributed by atoms with E-state index < -0.39 is 39.3 Å². The summed E-state index contributed by atoms with van der Waals surface area (Å²) in [5.41, 5.74) is 5.60. The summed E-state index contributed by atoms with van der Waals surface area (Å²) in [6.07, 6.45) is 2.20. The molecular weight excluding hydrogens is 611 g/mol. The van der Waals surface area contributed by atoms with Crippen LogP contribution in [0, 0.1) is 5.82 Å². The molecule has 2 saturated heterocycles. The molecule has 2 unspecified atom stereocenters. The first-order valence-electron chi connectivity index (χ1n) is 12.7. The van der Waals surface area contributed by atoms with Crippen LogP contribution in [0.2, 0.25) is 0 Å². The number of carbonyl (C=O) groups is 1. The molecule has 7 nitrogen and oxygen atoms in total. The molecule has 2 aliphatic heterocycles. The normalized spacial score (nSPS) is 21.7. The Hall–Kier alpha value is -2.93. The summed E-state index contributed by atoms with van der Waals surface area (Å²) in [6, 6.07) is 12.2. The minimum atomic E-state index is -4.58. The number of halogens is 4. The van der Waals surface area contributed by atoms with E-state index in [1.165, 1.54) is 65.6 Å². The maximum Gasteiger partial charge on any atom is 0.298 e. The number of sulfonamides is 1. The second-order valence-corrected chi connectivity index (χ2v) is 12.7. The fourth-order valence-corrected chi connectivity index (χ4v) is 6.85. The molecule has 2 heterocycles. The van der Waals surface area contributed by atoms with Crippen molar-refractivity contribution in [3.8, 4) is 11.5 Å². The summed E-state index contributed by atoms with van der Waals surface area (Å²) in [7, 11) is -4.58. The van der Waals surface area contributed by atoms with E-state index >= 15 is 8.78 Å². The van der Waals surface area contributed by atoms with Gasteiger partial charge in [-0.05, 0) is 86.3 Å². The van der Waals surface area contributed by atoms with Crippen molar-refractivity contribution in [1.82, 2.24) is 9.62 Å². The minimum Gasteiger partial charge on any atom is -0.457 e. The van der Waals surface area contributed by atoms with Crippen LogP contribution in [-0.4, -0.2) is 43.4 Å². The van der Waals surface area contributed by atoms with Gasteiger partial charge in [-0.15, -0.1) is 0 Å². The van der Waals surface area contributed by atoms with Crippen LogP contribution in [0.1, 0.15) is 31.2 Å². The molecule has 212 valence electrons. The number of nitrogens with two attached hydrogens (primary N) is 1. The quantitative estimate of drug-likeness (QED) is 0.349. The molecular formula is C28H27BrF3N3O4S. The summed E-state index contributed by atoms with van der Waals surface area (Å²) in [6.45, 7) is 0. The lowest BCUT2D eigenvalue weighted by molar-refractivity contribution is -0.149. The molecule has 0 aromatic heterocycles. The van der Waals surface area contributed by atoms with Gasteiger partial charge in [0.2, 0.25) is 15.9 Å². The Morgan fingerprint density at radius 2 is 1.48 bits per heavy atom. The molecule has 1 amide bonds. The van der Waals surface area contributed by atoms with Crippen LogP contribution in [0.15, 0.2) is 82.2 Å². The first-order valence-corrected chi connectivity index (χ1v) is 15.0. The molecule has 40 heavy (non-hydrogen) atoms. The number of alkyl halides is 2. The second kappa shape index (κ2) is 11.2. The zero-order valence-corrected chi connectivity index (χ0v) is 23.5. The number of hydrogen-bond donors (Lipinski definition) is 2. The van der Waals surface area contributed by atoms with Crippen LogP contribution in [0.25, 0.3) is 0 Å². The number of fused-ring (bicyclic) bond motifs is 2. The zero-order valence-electron chi connectivity index (χ0n) is 21.1. The summed E-state index contributed by atoms with van der Waals surface area (Å²) in [5.74, 6) is -4.71. The summed E-state index contributed by atoms with van der Waals surface area (Å²) in [5, 5.41) is 0. The van der Waals surface area contributed by atoms with E-state index in [-0.39, 0.29) is 28.8 Å². The SMILES string of the molecule is NC1CC2CCC(C1)N2C(=O)[C@H](NS(=O)(=O)c1ccc(Oc2ccc(F)cc2)cc1)C(F)(F)c1ccc(Br)cc1. The van der Waals surface area contributed by atoms with E-state index in [1.54, 1.807) is 0 Å². The van der Waals surface area contributed by atoms with Gasteiger partial charge in [0, 0.05) is 28.2 Å². The number of nitrogens with zero attached hydrogens (tertiary/aromatic N) is 1. The van der Waals surface area contributed by atoms with Gasteiger partial charge >= 0.3 is 0 Å². The molecule has 0 saturated carbocycles. The highest BCUT2D eigenvalue weighted by atomic mass is 79.9. The zero-order chi connectivity index (χ0) is 28.7. The van der Waals surface area contributed by atoms with Crippen molar-refractivity contribution in [2.75, 3.05) is 0 Å². The number of rotatable bonds is 8. The van der Waals surface area contributed by atoms with Crippen LogP contribution >= 0.6 is 15.9 Å². The molecule has 0 spiro atoms. The fourth-order valence-electron chi connectivity index (χ4n) is 5.40. The molecule has 2 bridgehead atoms. The molecule has 12 heteroatoms. The number of ether oxygens (including phenoxy) is 1. The van der Waals surface area contributed by atoms with Crippen molar-refractivity contribution in [2.45, 2.75) is 60.7 Å². The van der Waals surface area contributed by atoms with E-state index in [9.17, 15) is 17.6 Å². The van der Waals surface area contributed by atoms with Gasteiger partial charge in [0.1, 0.15) is 17.3 Å². The molecule has 2 aliphatic rings. The number of hydrogen-bond acceptors (Lipinski definition) is 5. The third-order valence-corrected chi connectivity index (χ3v) is 9.29. The van der Waals surface area contributed by atoms with Crippen LogP contribution in [-0.2, 0) is 20.7 Å². The third-order valence-electron chi connectivity index (χ3n) is 7.32. The number of nitrogens with one attached hydrogen (secondary N) is 1. The van der Waals surface area contributed by atoms with Gasteiger partial charge in [0.25, 0.3) is 5.92 Å². The summed E-state index contributed by atoms with van der Waals surface area (Å²) >= 11 is 3.21. The average Bonchev–Trinajstić information content (AvgIpc) is 3.19. The number of carbonyl (C=O) groups excluding carboxylic acids is 1. The standard InChI is InChI=1S/C28H27BrF3N3O4S/c29-18-3-1-17(2-4-18)28(31,32)26(27(36)35-21-7-8-22(35)16-20(33)15-21)34-40(37,38)25-13-11-24(12-14-25)39-23-9-5-19(30)6-10-23/h1-6,9-14,20-22,26,34H,7-8,15-16,33H2/t20?,21?,22?,26-/m0/s1. The Morgan fingerprint density at radius 1 is 0.950 bits per heavy atom. The molecule has 3 N–H and O–H groups in total. The first kappa shape index (κ1) is 28.6. The third kappa shape index (κ3) is 5.90. The Bertz CT molecular complexity index is 1460. The van der Waals surface area contributed by atoms with Crippen LogP contribution < -0.4 is 15.2 Å². The van der Waals surface area contributed by atoms with Crippen molar-refractivity contribution in [3.63, 3.8) is 0 Å². The first-order chi connectivity index (χ1) is 18.9. The van der Waals surface area contributed by atoms with Crippen LogP contribution in [0.4, 0.5) is 13.2 Å². The van der Waals surface area contributed by atoms with E-state index in [0.29, 0.717) is 35.9 Å². The van der Waals surface area contributed by atoms with E-state index in [2.05, 4.69) is 15.9 Å². The molecule has 3 aromatic rings. The highest BCUT2D eigenvalue weighted by molar-refractivity contribution is 9.10. The van der Waals surface area contributed by atoms with Crippen molar-refractivity contribution >= 4 is 31.9 Å². The predicted molar refractivity (Wildman–Crippen MR) is 146 cm³/mol. The van der Waals surface area contributed by atoms with Gasteiger partial charge in [-0.1, -0.05) is 28.1 Å². The Kier molecular flexibility index (Phi) is 7.97. The van der Waals surface area contributed by atoms with Crippen molar-refractivity contribution < 1.29 is 31.1 Å². The molecule has 2 fully saturated rings. The van der Waals surface area contributed by atoms with Crippen LogP contribution in [0.3, 0.4) is 0 Å². The number of piperidine rings is 1. The number of amides is 1. The Labute approximate surface area is 238 Å². The van der Waals surface area contributed by atoms with Gasteiger partial charge in [-0.3, -0.25) is 4.79 Å². The van der Waals surface area contributed by atoms with Gasteiger partial charge < -0.3 is 15.4 Å². The van der Waals surface area contributed by atoms with Crippen molar-refractivity contribution in [3.05, 3.63) is 88.6 Å². The Morgan fingerprint density at radius 3 is 2.02 bits per heavy atom. The maximum absolute atomic E-state index is 16.0. The summed E-state index contributed by atoms with van der Waals surface area (Å²) < 4.78 is 80.1. The topological polar surface area (TPSA) is 102 Å². The summed E-state index contributed by atoms with van der Waals surface area (Å²) in [4.78, 5) is 14.8. The molecule has 0 aliphatic carbocycles. The lowest BCUT2D eigenvalue weighted by Crippen LogP contribution is -2.60. The second-order valence-electron chi connectivity index (χ2n) is 10.1. The highest BCUT2D eigenvalue weighted by Gasteiger charge is 2.53. The highest BCUT2D eigenvalue weighted by Crippen LogP contribution is 2.40. The predicted octanol–water partition coefficient (Wildman–Crippen LogP) is 5.30. The van der Waals surface area contributed by atoms with E-state index in [0.717, 1.165) is 12.1 Å². The van der Waals surface area contributed by atoms with Crippen LogP contribution in [0.5, 0.6) is 11.5 Å². The average molecular weight is 639 g/mol. The van der Waals surface area contributed by atoms with Gasteiger partial charge in [0.15, 0.2) is 6.04 Å². The largest absolute Gasteiger partial charge is 0.457 e. The molecule has 3 atom stereocenters. The van der Waals surface area contributed by atoms with Crippen molar-refractivity contribution in [2.24, 2.45) is 5.73 Å². The lowest BCUT2D eigenvalue weighted by Gasteiger charge is -2.41. The lowest BCUT2D eigenvalue weighted by atomic mass is 9.95. The minimum absolute atomic E-state index is 0.140. The van der Waals surface area contributed by atoms with E-state index in [1.807, 2.05) is 4.72 Å². The molecule has 5 rings (SSSR count). The van der Waals surface area contributed by atoms with Crippen molar-refractivity contribution in [1.29, 1.82) is 0 Å². The smallest absolute Gasteiger partial charge is 0.298 e.